The quantitative estimate of drug-likeness (QED) is 0.0478. The highest BCUT2D eigenvalue weighted by atomic mass is 32.2. The van der Waals surface area contributed by atoms with Gasteiger partial charge in [-0.2, -0.15) is 25.3 Å². The van der Waals surface area contributed by atoms with E-state index in [2.05, 4.69) is 93.6 Å². The molecule has 3 aromatic carbocycles. The highest BCUT2D eigenvalue weighted by Gasteiger charge is 2.67. The average Bonchev–Trinajstić information content (AvgIpc) is 3.66. The van der Waals surface area contributed by atoms with E-state index in [0.29, 0.717) is 25.9 Å². The third-order valence-corrected chi connectivity index (χ3v) is 17.4. The van der Waals surface area contributed by atoms with Crippen LogP contribution >= 0.6 is 0 Å². The molecule has 0 spiro atoms. The largest absolute Gasteiger partial charge is 0.376 e. The zero-order valence-electron chi connectivity index (χ0n) is 40.5. The second-order valence-corrected chi connectivity index (χ2v) is 24.8. The third-order valence-electron chi connectivity index (χ3n) is 15.6. The fourth-order valence-electron chi connectivity index (χ4n) is 12.7. The van der Waals surface area contributed by atoms with Crippen molar-refractivity contribution in [3.8, 4) is 0 Å². The van der Waals surface area contributed by atoms with E-state index in [-0.39, 0.29) is 92.5 Å². The molecule has 0 unspecified atom stereocenters. The highest BCUT2D eigenvalue weighted by Crippen LogP contribution is 2.70. The van der Waals surface area contributed by atoms with Gasteiger partial charge in [0, 0.05) is 17.9 Å². The Morgan fingerprint density at radius 1 is 0.603 bits per heavy atom. The van der Waals surface area contributed by atoms with Gasteiger partial charge in [0.1, 0.15) is 5.60 Å². The van der Waals surface area contributed by atoms with Crippen molar-refractivity contribution >= 4 is 30.4 Å². The molecule has 68 heavy (non-hydrogen) atoms. The van der Waals surface area contributed by atoms with Gasteiger partial charge in [-0.15, -0.1) is 0 Å². The molecule has 376 valence electrons. The minimum Gasteiger partial charge on any atom is -0.376 e. The molecule has 0 heterocycles. The van der Waals surface area contributed by atoms with Crippen LogP contribution in [0, 0.1) is 46.3 Å². The Hall–Kier alpha value is -2.77. The van der Waals surface area contributed by atoms with Crippen molar-refractivity contribution in [2.75, 3.05) is 65.0 Å². The second kappa shape index (κ2) is 22.3. The predicted octanol–water partition coefficient (Wildman–Crippen LogP) is 8.29. The van der Waals surface area contributed by atoms with E-state index < -0.39 is 36.0 Å². The fraction of sp³-hybridized carbons (Fsp3) is 0.615. The van der Waals surface area contributed by atoms with E-state index in [1.807, 2.05) is 18.2 Å². The fourth-order valence-corrected chi connectivity index (χ4v) is 13.8. The molecule has 0 saturated heterocycles. The average molecular weight is 1000 g/mol. The van der Waals surface area contributed by atoms with Crippen LogP contribution in [-0.4, -0.2) is 109 Å². The molecule has 9 atom stereocenters. The summed E-state index contributed by atoms with van der Waals surface area (Å²) in [4.78, 5) is 0. The summed E-state index contributed by atoms with van der Waals surface area (Å²) in [5, 5.41) is 0. The Labute approximate surface area is 406 Å². The van der Waals surface area contributed by atoms with Gasteiger partial charge in [-0.05, 0) is 109 Å². The SMILES string of the molecule is C[C@H](CCCOC(c1ccccc1)(c1ccccc1)c1ccccc1)[C@H]1CC[C@H]2[C]3[C@H](OCCOS(C)(=O)=O)C[C]4C[C@@H](OCCOS(C)(=O)=O)CC[C@]4(C)[C@H]3C[C@H](OCCOS(C)(=O)=O)[C@]12C. The molecule has 0 aromatic heterocycles. The zero-order valence-corrected chi connectivity index (χ0v) is 43.0. The lowest BCUT2D eigenvalue weighted by molar-refractivity contribution is -0.155. The molecule has 4 fully saturated rings. The highest BCUT2D eigenvalue weighted by molar-refractivity contribution is 7.86. The Balaban J connectivity index is 1.14. The van der Waals surface area contributed by atoms with Crippen molar-refractivity contribution in [2.45, 2.75) is 102 Å². The van der Waals surface area contributed by atoms with Crippen LogP contribution in [0.2, 0.25) is 0 Å². The van der Waals surface area contributed by atoms with Gasteiger partial charge in [0.25, 0.3) is 30.4 Å². The smallest absolute Gasteiger partial charge is 0.264 e. The van der Waals surface area contributed by atoms with Gasteiger partial charge in [0.2, 0.25) is 0 Å². The Bertz CT molecular complexity index is 2310. The van der Waals surface area contributed by atoms with Crippen LogP contribution in [0.15, 0.2) is 91.0 Å². The van der Waals surface area contributed by atoms with Gasteiger partial charge >= 0.3 is 0 Å². The lowest BCUT2D eigenvalue weighted by atomic mass is 9.43. The lowest BCUT2D eigenvalue weighted by Crippen LogP contribution is -2.62. The van der Waals surface area contributed by atoms with Crippen LogP contribution in [0.3, 0.4) is 0 Å². The molecular weight excluding hydrogens is 929 g/mol. The molecule has 4 aliphatic carbocycles. The van der Waals surface area contributed by atoms with E-state index in [1.165, 1.54) is 11.8 Å². The summed E-state index contributed by atoms with van der Waals surface area (Å²) in [6.45, 7) is 7.73. The predicted molar refractivity (Wildman–Crippen MR) is 261 cm³/mol. The maximum atomic E-state index is 12.0. The van der Waals surface area contributed by atoms with E-state index in [9.17, 15) is 25.3 Å². The second-order valence-electron chi connectivity index (χ2n) is 19.9. The van der Waals surface area contributed by atoms with Crippen LogP contribution in [0.4, 0.5) is 0 Å². The van der Waals surface area contributed by atoms with Gasteiger partial charge in [-0.3, -0.25) is 12.5 Å². The number of rotatable bonds is 24. The summed E-state index contributed by atoms with van der Waals surface area (Å²) in [6, 6.07) is 31.3. The van der Waals surface area contributed by atoms with Crippen molar-refractivity contribution in [1.29, 1.82) is 0 Å². The topological polar surface area (TPSA) is 167 Å². The number of fused-ring (bicyclic) bond motifs is 5. The Morgan fingerprint density at radius 3 is 1.62 bits per heavy atom. The molecule has 13 nitrogen and oxygen atoms in total. The number of hydrogen-bond acceptors (Lipinski definition) is 13. The van der Waals surface area contributed by atoms with Crippen LogP contribution in [0.1, 0.15) is 95.2 Å². The molecular formula is C52H72O13S3. The minimum absolute atomic E-state index is 0.0562. The first-order valence-corrected chi connectivity index (χ1v) is 29.6. The van der Waals surface area contributed by atoms with Crippen molar-refractivity contribution in [3.05, 3.63) is 120 Å². The Kier molecular flexibility index (Phi) is 17.4. The van der Waals surface area contributed by atoms with Gasteiger partial charge in [0.15, 0.2) is 0 Å². The van der Waals surface area contributed by atoms with E-state index >= 15 is 0 Å². The van der Waals surface area contributed by atoms with Gasteiger partial charge in [-0.25, -0.2) is 0 Å². The monoisotopic (exact) mass is 1000 g/mol. The van der Waals surface area contributed by atoms with E-state index in [0.717, 1.165) is 74.0 Å². The van der Waals surface area contributed by atoms with Crippen LogP contribution in [-0.2, 0) is 67.5 Å². The van der Waals surface area contributed by atoms with Crippen LogP contribution < -0.4 is 0 Å². The van der Waals surface area contributed by atoms with Crippen LogP contribution in [0.5, 0.6) is 0 Å². The summed E-state index contributed by atoms with van der Waals surface area (Å²) in [7, 11) is -10.9. The van der Waals surface area contributed by atoms with Crippen molar-refractivity contribution in [2.24, 2.45) is 34.5 Å². The molecule has 0 aliphatic heterocycles. The molecule has 4 aliphatic rings. The van der Waals surface area contributed by atoms with Crippen molar-refractivity contribution < 1.29 is 56.8 Å². The molecule has 16 heteroatoms. The molecule has 0 N–H and O–H groups in total. The number of ether oxygens (including phenoxy) is 4. The first-order chi connectivity index (χ1) is 32.2. The normalized spacial score (nSPS) is 28.7. The van der Waals surface area contributed by atoms with Crippen molar-refractivity contribution in [3.63, 3.8) is 0 Å². The maximum Gasteiger partial charge on any atom is 0.264 e. The third kappa shape index (κ3) is 12.5. The molecule has 2 radical (unpaired) electrons. The summed E-state index contributed by atoms with van der Waals surface area (Å²) < 4.78 is 114. The maximum absolute atomic E-state index is 12.0. The molecule has 3 aromatic rings. The van der Waals surface area contributed by atoms with Crippen LogP contribution in [0.25, 0.3) is 0 Å². The number of hydrogen-bond donors (Lipinski definition) is 0. The summed E-state index contributed by atoms with van der Waals surface area (Å²) >= 11 is 0. The molecule has 4 saturated carbocycles. The Morgan fingerprint density at radius 2 is 1.10 bits per heavy atom. The minimum atomic E-state index is -3.67. The zero-order chi connectivity index (χ0) is 48.8. The summed E-state index contributed by atoms with van der Waals surface area (Å²) in [5.41, 5.74) is 1.83. The van der Waals surface area contributed by atoms with Gasteiger partial charge < -0.3 is 18.9 Å². The molecule has 0 bridgehead atoms. The molecule has 7 rings (SSSR count). The van der Waals surface area contributed by atoms with E-state index in [1.54, 1.807) is 0 Å². The summed E-state index contributed by atoms with van der Waals surface area (Å²) in [6.07, 6.45) is 9.80. The molecule has 0 amide bonds. The lowest BCUT2D eigenvalue weighted by Gasteiger charge is -2.64. The van der Waals surface area contributed by atoms with E-state index in [4.69, 9.17) is 31.5 Å². The van der Waals surface area contributed by atoms with Crippen molar-refractivity contribution in [1.82, 2.24) is 0 Å². The first kappa shape index (κ1) is 53.0. The first-order valence-electron chi connectivity index (χ1n) is 24.1. The van der Waals surface area contributed by atoms with Gasteiger partial charge in [0.05, 0.1) is 76.7 Å². The number of benzene rings is 3. The standard InChI is InChI=1S/C52H72O13S3/c1-38(17-16-28-62-52(39-18-10-7-11-19-39,40-20-12-8-13-21-40)41-22-14-9-15-23-41)44-24-25-45-49-46(37-48(51(44,45)3)61-31-34-65-68(6,57)58)50(2)27-26-43(59-29-32-63-66(4,53)54)35-42(50)36-47(49)60-30-33-64-67(5,55)56/h7-15,18-23,38,43-48H,16-17,24-37H2,1-6H3/t38-,43+,44-,45+,46+,47-,48+,50+,51-/m1/s1. The summed E-state index contributed by atoms with van der Waals surface area (Å²) in [5.74, 6) is 3.41. The van der Waals surface area contributed by atoms with Gasteiger partial charge in [-0.1, -0.05) is 112 Å².